The van der Waals surface area contributed by atoms with Crippen molar-refractivity contribution in [3.63, 3.8) is 0 Å². The molecule has 4 rings (SSSR count). The summed E-state index contributed by atoms with van der Waals surface area (Å²) < 4.78 is 1.84. The Kier molecular flexibility index (Phi) is 5.05. The van der Waals surface area contributed by atoms with Gasteiger partial charge in [0.05, 0.1) is 16.2 Å². The highest BCUT2D eigenvalue weighted by Gasteiger charge is 2.24. The smallest absolute Gasteiger partial charge is 0.335 e. The summed E-state index contributed by atoms with van der Waals surface area (Å²) in [5.74, 6) is -1.20. The van der Waals surface area contributed by atoms with Gasteiger partial charge in [0.1, 0.15) is 0 Å². The third-order valence-electron chi connectivity index (χ3n) is 4.31. The van der Waals surface area contributed by atoms with Crippen LogP contribution in [0.2, 0.25) is 0 Å². The number of aromatic carboxylic acids is 1. The minimum absolute atomic E-state index is 0.204. The van der Waals surface area contributed by atoms with Crippen LogP contribution in [0.15, 0.2) is 76.8 Å². The molecule has 0 aliphatic carbocycles. The number of carboxylic acid groups (broad SMARTS) is 1. The molecule has 0 unspecified atom stereocenters. The van der Waals surface area contributed by atoms with Crippen LogP contribution in [-0.2, 0) is 4.79 Å². The number of rotatable bonds is 4. The largest absolute Gasteiger partial charge is 0.478 e. The van der Waals surface area contributed by atoms with Gasteiger partial charge in [-0.2, -0.15) is 0 Å². The number of nitrogens with zero attached hydrogens (tertiary/aromatic N) is 2. The number of aromatic nitrogens is 1. The fourth-order valence-electron chi connectivity index (χ4n) is 2.97. The number of hydrogen-bond donors (Lipinski definition) is 2. The lowest BCUT2D eigenvalue weighted by Crippen LogP contribution is -2.19. The van der Waals surface area contributed by atoms with Crippen molar-refractivity contribution in [3.8, 4) is 5.69 Å². The molecular weight excluding hydrogens is 386 g/mol. The lowest BCUT2D eigenvalue weighted by atomic mass is 10.2. The minimum Gasteiger partial charge on any atom is -0.478 e. The molecular formula is C22H17N3O3S. The van der Waals surface area contributed by atoms with Gasteiger partial charge in [0.25, 0.3) is 5.91 Å². The molecule has 2 heterocycles. The summed E-state index contributed by atoms with van der Waals surface area (Å²) in [6.07, 6.45) is 3.60. The van der Waals surface area contributed by atoms with E-state index in [2.05, 4.69) is 10.3 Å². The molecule has 1 amide bonds. The predicted molar refractivity (Wildman–Crippen MR) is 115 cm³/mol. The first kappa shape index (κ1) is 18.8. The van der Waals surface area contributed by atoms with E-state index >= 15 is 0 Å². The highest BCUT2D eigenvalue weighted by molar-refractivity contribution is 8.18. The quantitative estimate of drug-likeness (QED) is 0.634. The summed E-state index contributed by atoms with van der Waals surface area (Å²) >= 11 is 1.27. The average molecular weight is 403 g/mol. The zero-order chi connectivity index (χ0) is 20.4. The van der Waals surface area contributed by atoms with Gasteiger partial charge in [0.15, 0.2) is 5.17 Å². The maximum atomic E-state index is 12.4. The Bertz CT molecular complexity index is 1180. The molecule has 0 bridgehead atoms. The molecule has 0 radical (unpaired) electrons. The normalized spacial score (nSPS) is 16.4. The Morgan fingerprint density at radius 1 is 1.14 bits per heavy atom. The van der Waals surface area contributed by atoms with Crippen molar-refractivity contribution >= 4 is 40.6 Å². The molecule has 1 aliphatic rings. The molecule has 0 saturated carbocycles. The fourth-order valence-corrected chi connectivity index (χ4v) is 3.79. The highest BCUT2D eigenvalue weighted by atomic mass is 32.2. The highest BCUT2D eigenvalue weighted by Crippen LogP contribution is 2.29. The first-order chi connectivity index (χ1) is 14.0. The van der Waals surface area contributed by atoms with Crippen LogP contribution in [0.5, 0.6) is 0 Å². The second-order valence-corrected chi connectivity index (χ2v) is 7.51. The number of carbonyl (C=O) groups excluding carboxylic acids is 1. The van der Waals surface area contributed by atoms with Gasteiger partial charge >= 0.3 is 5.97 Å². The van der Waals surface area contributed by atoms with Crippen LogP contribution in [0.4, 0.5) is 5.69 Å². The zero-order valence-electron chi connectivity index (χ0n) is 15.5. The van der Waals surface area contributed by atoms with Crippen molar-refractivity contribution in [2.24, 2.45) is 4.99 Å². The van der Waals surface area contributed by atoms with E-state index in [9.17, 15) is 14.7 Å². The molecule has 144 valence electrons. The van der Waals surface area contributed by atoms with Crippen LogP contribution in [0.1, 0.15) is 21.6 Å². The summed E-state index contributed by atoms with van der Waals surface area (Å²) in [6.45, 7) is 1.99. The van der Waals surface area contributed by atoms with Crippen LogP contribution in [0.25, 0.3) is 11.8 Å². The number of aliphatic imine (C=N–C) groups is 1. The third-order valence-corrected chi connectivity index (χ3v) is 5.22. The summed E-state index contributed by atoms with van der Waals surface area (Å²) in [7, 11) is 0. The number of hydrogen-bond acceptors (Lipinski definition) is 4. The van der Waals surface area contributed by atoms with Crippen molar-refractivity contribution in [1.29, 1.82) is 0 Å². The standard InChI is InChI=1S/C22H17N3O3S/c1-14-5-2-7-16(11-14)23-22-24-20(26)19(29-22)13-18-9-4-10-25(18)17-8-3-6-15(12-17)21(27)28/h2-13H,1H3,(H,27,28)(H,23,24,26)/b19-13-. The van der Waals surface area contributed by atoms with E-state index in [0.717, 1.165) is 16.9 Å². The SMILES string of the molecule is Cc1cccc(N=C2NC(=O)/C(=C/c3cccn3-c3cccc(C(=O)O)c3)S2)c1. The Hall–Kier alpha value is -3.58. The van der Waals surface area contributed by atoms with Gasteiger partial charge < -0.3 is 15.0 Å². The Morgan fingerprint density at radius 2 is 1.97 bits per heavy atom. The summed E-state index contributed by atoms with van der Waals surface area (Å²) in [5.41, 5.74) is 3.55. The molecule has 0 spiro atoms. The predicted octanol–water partition coefficient (Wildman–Crippen LogP) is 4.38. The fraction of sp³-hybridized carbons (Fsp3) is 0.0455. The Balaban J connectivity index is 1.63. The molecule has 1 aromatic heterocycles. The third kappa shape index (κ3) is 4.14. The van der Waals surface area contributed by atoms with E-state index in [1.54, 1.807) is 24.3 Å². The number of carbonyl (C=O) groups is 2. The van der Waals surface area contributed by atoms with Gasteiger partial charge in [0.2, 0.25) is 0 Å². The van der Waals surface area contributed by atoms with E-state index in [0.29, 0.717) is 15.8 Å². The number of nitrogens with one attached hydrogen (secondary N) is 1. The molecule has 0 atom stereocenters. The van der Waals surface area contributed by atoms with E-state index in [1.165, 1.54) is 11.8 Å². The number of amidine groups is 1. The van der Waals surface area contributed by atoms with Crippen molar-refractivity contribution in [2.75, 3.05) is 0 Å². The number of amides is 1. The van der Waals surface area contributed by atoms with Gasteiger partial charge in [-0.25, -0.2) is 9.79 Å². The van der Waals surface area contributed by atoms with Crippen LogP contribution < -0.4 is 5.32 Å². The molecule has 2 N–H and O–H groups in total. The van der Waals surface area contributed by atoms with E-state index < -0.39 is 5.97 Å². The van der Waals surface area contributed by atoms with Gasteiger partial charge in [-0.3, -0.25) is 4.79 Å². The molecule has 1 fully saturated rings. The second-order valence-electron chi connectivity index (χ2n) is 6.48. The minimum atomic E-state index is -0.985. The summed E-state index contributed by atoms with van der Waals surface area (Å²) in [5, 5.41) is 12.5. The molecule has 3 aromatic rings. The van der Waals surface area contributed by atoms with Crippen molar-refractivity contribution in [2.45, 2.75) is 6.92 Å². The first-order valence-corrected chi connectivity index (χ1v) is 9.68. The van der Waals surface area contributed by atoms with Crippen LogP contribution >= 0.6 is 11.8 Å². The number of thioether (sulfide) groups is 1. The molecule has 6 nitrogen and oxygen atoms in total. The van der Waals surface area contributed by atoms with Crippen LogP contribution in [0, 0.1) is 6.92 Å². The van der Waals surface area contributed by atoms with Gasteiger partial charge in [-0.05, 0) is 72.8 Å². The molecule has 1 saturated heterocycles. The van der Waals surface area contributed by atoms with E-state index in [1.807, 2.05) is 60.2 Å². The van der Waals surface area contributed by atoms with Crippen LogP contribution in [-0.4, -0.2) is 26.7 Å². The summed E-state index contributed by atoms with van der Waals surface area (Å²) in [4.78, 5) is 28.7. The molecule has 29 heavy (non-hydrogen) atoms. The Morgan fingerprint density at radius 3 is 2.76 bits per heavy atom. The lowest BCUT2D eigenvalue weighted by molar-refractivity contribution is -0.115. The molecule has 1 aliphatic heterocycles. The van der Waals surface area contributed by atoms with Gasteiger partial charge in [-0.1, -0.05) is 18.2 Å². The lowest BCUT2D eigenvalue weighted by Gasteiger charge is -2.07. The first-order valence-electron chi connectivity index (χ1n) is 8.87. The molecule has 2 aromatic carbocycles. The zero-order valence-corrected chi connectivity index (χ0v) is 16.3. The van der Waals surface area contributed by atoms with E-state index in [4.69, 9.17) is 0 Å². The summed E-state index contributed by atoms with van der Waals surface area (Å²) in [6, 6.07) is 18.1. The number of carboxylic acids is 1. The van der Waals surface area contributed by atoms with Crippen LogP contribution in [0.3, 0.4) is 0 Å². The number of benzene rings is 2. The average Bonchev–Trinajstić information content (AvgIpc) is 3.29. The van der Waals surface area contributed by atoms with Crippen molar-refractivity contribution < 1.29 is 14.7 Å². The van der Waals surface area contributed by atoms with Crippen molar-refractivity contribution in [3.05, 3.63) is 88.6 Å². The second kappa shape index (κ2) is 7.81. The Labute approximate surface area is 171 Å². The maximum Gasteiger partial charge on any atom is 0.335 e. The maximum absolute atomic E-state index is 12.4. The monoisotopic (exact) mass is 403 g/mol. The molecule has 7 heteroatoms. The van der Waals surface area contributed by atoms with Gasteiger partial charge in [-0.15, -0.1) is 0 Å². The van der Waals surface area contributed by atoms with E-state index in [-0.39, 0.29) is 11.5 Å². The van der Waals surface area contributed by atoms with Gasteiger partial charge in [0, 0.05) is 17.6 Å². The number of aryl methyl sites for hydroxylation is 1. The topological polar surface area (TPSA) is 83.7 Å². The van der Waals surface area contributed by atoms with Crippen molar-refractivity contribution in [1.82, 2.24) is 9.88 Å².